The van der Waals surface area contributed by atoms with Gasteiger partial charge in [0.2, 0.25) is 0 Å². The molecule has 0 atom stereocenters. The molecule has 1 rings (SSSR count). The molecule has 0 aliphatic carbocycles. The molecule has 0 aliphatic heterocycles. The van der Waals surface area contributed by atoms with E-state index in [4.69, 9.17) is 9.47 Å². The van der Waals surface area contributed by atoms with E-state index >= 15 is 0 Å². The van der Waals surface area contributed by atoms with Crippen molar-refractivity contribution in [1.82, 2.24) is 0 Å². The van der Waals surface area contributed by atoms with Crippen LogP contribution in [-0.4, -0.2) is 19.8 Å². The number of benzene rings is 1. The van der Waals surface area contributed by atoms with Crippen LogP contribution in [0.15, 0.2) is 18.2 Å². The lowest BCUT2D eigenvalue weighted by atomic mass is 10.2. The van der Waals surface area contributed by atoms with Gasteiger partial charge in [0.15, 0.2) is 0 Å². The maximum absolute atomic E-state index is 12.8. The number of hydrogen-bond acceptors (Lipinski definition) is 2. The number of ether oxygens (including phenoxy) is 2. The molecule has 14 heavy (non-hydrogen) atoms. The smallest absolute Gasteiger partial charge is 0.126 e. The van der Waals surface area contributed by atoms with Crippen molar-refractivity contribution in [2.24, 2.45) is 0 Å². The molecule has 0 saturated carbocycles. The minimum atomic E-state index is -0.276. The number of hydrogen-bond donors (Lipinski definition) is 0. The van der Waals surface area contributed by atoms with Gasteiger partial charge in [-0.25, -0.2) is 4.39 Å². The Bertz CT molecular complexity index is 287. The van der Waals surface area contributed by atoms with E-state index in [1.807, 2.05) is 13.8 Å². The first-order valence-corrected chi connectivity index (χ1v) is 4.70. The van der Waals surface area contributed by atoms with Crippen molar-refractivity contribution in [2.75, 3.05) is 19.8 Å². The Morgan fingerprint density at radius 3 is 2.79 bits per heavy atom. The first-order valence-electron chi connectivity index (χ1n) is 4.70. The van der Waals surface area contributed by atoms with E-state index in [1.54, 1.807) is 6.07 Å². The van der Waals surface area contributed by atoms with Gasteiger partial charge in [0.1, 0.15) is 18.2 Å². The molecule has 0 amide bonds. The van der Waals surface area contributed by atoms with Crippen LogP contribution in [0.3, 0.4) is 0 Å². The Hall–Kier alpha value is -1.09. The molecule has 0 N–H and O–H groups in total. The fraction of sp³-hybridized carbons (Fsp3) is 0.455. The van der Waals surface area contributed by atoms with E-state index in [0.717, 1.165) is 5.56 Å². The summed E-state index contributed by atoms with van der Waals surface area (Å²) in [5.41, 5.74) is 0.933. The Labute approximate surface area is 83.6 Å². The Balaban J connectivity index is 2.45. The van der Waals surface area contributed by atoms with Crippen molar-refractivity contribution in [1.29, 1.82) is 0 Å². The third-order valence-electron chi connectivity index (χ3n) is 1.84. The maximum Gasteiger partial charge on any atom is 0.126 e. The summed E-state index contributed by atoms with van der Waals surface area (Å²) in [6.45, 7) is 5.47. The molecule has 1 aromatic rings. The van der Waals surface area contributed by atoms with Gasteiger partial charge in [-0.15, -0.1) is 0 Å². The van der Waals surface area contributed by atoms with Crippen LogP contribution in [0.25, 0.3) is 0 Å². The summed E-state index contributed by atoms with van der Waals surface area (Å²) in [7, 11) is 0. The zero-order chi connectivity index (χ0) is 10.4. The molecular weight excluding hydrogens is 183 g/mol. The van der Waals surface area contributed by atoms with Gasteiger partial charge in [-0.1, -0.05) is 6.07 Å². The fourth-order valence-corrected chi connectivity index (χ4v) is 1.08. The molecule has 0 spiro atoms. The highest BCUT2D eigenvalue weighted by Gasteiger charge is 2.00. The number of aryl methyl sites for hydroxylation is 1. The summed E-state index contributed by atoms with van der Waals surface area (Å²) >= 11 is 0. The van der Waals surface area contributed by atoms with Gasteiger partial charge < -0.3 is 9.47 Å². The molecule has 2 nitrogen and oxygen atoms in total. The molecule has 0 fully saturated rings. The van der Waals surface area contributed by atoms with Crippen LogP contribution < -0.4 is 4.74 Å². The van der Waals surface area contributed by atoms with Gasteiger partial charge in [-0.2, -0.15) is 0 Å². The predicted octanol–water partition coefficient (Wildman–Crippen LogP) is 2.55. The topological polar surface area (TPSA) is 18.5 Å². The average Bonchev–Trinajstić information content (AvgIpc) is 2.18. The van der Waals surface area contributed by atoms with Crippen LogP contribution in [0.5, 0.6) is 5.75 Å². The van der Waals surface area contributed by atoms with Gasteiger partial charge in [-0.3, -0.25) is 0 Å². The Morgan fingerprint density at radius 2 is 2.07 bits per heavy atom. The minimum absolute atomic E-state index is 0.276. The molecule has 0 bridgehead atoms. The third-order valence-corrected chi connectivity index (χ3v) is 1.84. The summed E-state index contributed by atoms with van der Waals surface area (Å²) < 4.78 is 23.3. The van der Waals surface area contributed by atoms with Crippen molar-refractivity contribution in [3.63, 3.8) is 0 Å². The van der Waals surface area contributed by atoms with E-state index in [0.29, 0.717) is 25.6 Å². The Morgan fingerprint density at radius 1 is 1.29 bits per heavy atom. The third kappa shape index (κ3) is 3.34. The van der Waals surface area contributed by atoms with E-state index in [2.05, 4.69) is 0 Å². The summed E-state index contributed by atoms with van der Waals surface area (Å²) in [6, 6.07) is 4.51. The molecule has 0 heterocycles. The van der Waals surface area contributed by atoms with Crippen molar-refractivity contribution in [3.8, 4) is 5.75 Å². The zero-order valence-corrected chi connectivity index (χ0v) is 8.55. The molecule has 0 saturated heterocycles. The molecule has 1 aromatic carbocycles. The highest BCUT2D eigenvalue weighted by atomic mass is 19.1. The predicted molar refractivity (Wildman–Crippen MR) is 53.1 cm³/mol. The molecule has 0 unspecified atom stereocenters. The van der Waals surface area contributed by atoms with Crippen LogP contribution >= 0.6 is 0 Å². The van der Waals surface area contributed by atoms with Crippen molar-refractivity contribution in [3.05, 3.63) is 29.6 Å². The SMILES string of the molecule is CCOCCOc1cc(F)ccc1C. The van der Waals surface area contributed by atoms with E-state index in [1.165, 1.54) is 12.1 Å². The summed E-state index contributed by atoms with van der Waals surface area (Å²) in [5.74, 6) is 0.312. The molecule has 78 valence electrons. The van der Waals surface area contributed by atoms with Crippen LogP contribution in [0, 0.1) is 12.7 Å². The van der Waals surface area contributed by atoms with Gasteiger partial charge in [0.05, 0.1) is 6.61 Å². The van der Waals surface area contributed by atoms with Gasteiger partial charge in [0, 0.05) is 12.7 Å². The second-order valence-corrected chi connectivity index (χ2v) is 2.96. The first-order chi connectivity index (χ1) is 6.74. The molecular formula is C11H15FO2. The van der Waals surface area contributed by atoms with Crippen molar-refractivity contribution in [2.45, 2.75) is 13.8 Å². The van der Waals surface area contributed by atoms with E-state index < -0.39 is 0 Å². The fourth-order valence-electron chi connectivity index (χ4n) is 1.08. The lowest BCUT2D eigenvalue weighted by Crippen LogP contribution is -2.07. The van der Waals surface area contributed by atoms with Crippen molar-refractivity contribution >= 4 is 0 Å². The second-order valence-electron chi connectivity index (χ2n) is 2.96. The first kappa shape index (κ1) is 11.0. The van der Waals surface area contributed by atoms with Gasteiger partial charge >= 0.3 is 0 Å². The lowest BCUT2D eigenvalue weighted by molar-refractivity contribution is 0.110. The van der Waals surface area contributed by atoms with Crippen LogP contribution in [0.2, 0.25) is 0 Å². The number of rotatable bonds is 5. The minimum Gasteiger partial charge on any atom is -0.491 e. The van der Waals surface area contributed by atoms with Crippen molar-refractivity contribution < 1.29 is 13.9 Å². The van der Waals surface area contributed by atoms with Gasteiger partial charge in [-0.05, 0) is 25.5 Å². The normalized spacial score (nSPS) is 10.2. The molecule has 0 radical (unpaired) electrons. The van der Waals surface area contributed by atoms with E-state index in [-0.39, 0.29) is 5.82 Å². The van der Waals surface area contributed by atoms with Gasteiger partial charge in [0.25, 0.3) is 0 Å². The summed E-state index contributed by atoms with van der Waals surface area (Å²) in [6.07, 6.45) is 0. The molecule has 0 aliphatic rings. The van der Waals surface area contributed by atoms with Crippen LogP contribution in [0.4, 0.5) is 4.39 Å². The van der Waals surface area contributed by atoms with Crippen LogP contribution in [-0.2, 0) is 4.74 Å². The number of halogens is 1. The standard InChI is InChI=1S/C11H15FO2/c1-3-13-6-7-14-11-8-10(12)5-4-9(11)2/h4-5,8H,3,6-7H2,1-2H3. The largest absolute Gasteiger partial charge is 0.491 e. The maximum atomic E-state index is 12.8. The lowest BCUT2D eigenvalue weighted by Gasteiger charge is -2.08. The quantitative estimate of drug-likeness (QED) is 0.677. The molecule has 3 heteroatoms. The van der Waals surface area contributed by atoms with E-state index in [9.17, 15) is 4.39 Å². The highest BCUT2D eigenvalue weighted by molar-refractivity contribution is 5.32. The summed E-state index contributed by atoms with van der Waals surface area (Å²) in [4.78, 5) is 0. The Kier molecular flexibility index (Phi) is 4.40. The molecule has 0 aromatic heterocycles. The highest BCUT2D eigenvalue weighted by Crippen LogP contribution is 2.18. The summed E-state index contributed by atoms with van der Waals surface area (Å²) in [5, 5.41) is 0. The average molecular weight is 198 g/mol. The second kappa shape index (κ2) is 5.60. The zero-order valence-electron chi connectivity index (χ0n) is 8.55. The van der Waals surface area contributed by atoms with Crippen LogP contribution in [0.1, 0.15) is 12.5 Å². The monoisotopic (exact) mass is 198 g/mol.